The van der Waals surface area contributed by atoms with Crippen molar-refractivity contribution >= 4 is 5.91 Å². The van der Waals surface area contributed by atoms with Crippen molar-refractivity contribution in [2.75, 3.05) is 26.2 Å². The number of hydrogen-bond acceptors (Lipinski definition) is 4. The standard InChI is InChI=1S/C19H30N2O3/c1-15(21-12-16(2)24-17(3)13-21)11-20-19(22)9-10-23-14-18-7-5-4-6-8-18/h4-8,15-17H,9-14H2,1-3H3,(H,20,22)/t15-,16-,17+/m1/s1. The summed E-state index contributed by atoms with van der Waals surface area (Å²) in [6.07, 6.45) is 0.895. The number of hydrogen-bond donors (Lipinski definition) is 1. The van der Waals surface area contributed by atoms with E-state index in [1.807, 2.05) is 30.3 Å². The second-order valence-corrected chi connectivity index (χ2v) is 6.65. The molecule has 1 aromatic carbocycles. The topological polar surface area (TPSA) is 50.8 Å². The van der Waals surface area contributed by atoms with Crippen molar-refractivity contribution in [2.45, 2.75) is 52.0 Å². The van der Waals surface area contributed by atoms with Gasteiger partial charge < -0.3 is 14.8 Å². The lowest BCUT2D eigenvalue weighted by Gasteiger charge is -2.39. The first-order valence-electron chi connectivity index (χ1n) is 8.82. The van der Waals surface area contributed by atoms with Crippen molar-refractivity contribution in [3.8, 4) is 0 Å². The van der Waals surface area contributed by atoms with Gasteiger partial charge in [-0.1, -0.05) is 30.3 Å². The van der Waals surface area contributed by atoms with Gasteiger partial charge in [-0.2, -0.15) is 0 Å². The highest BCUT2D eigenvalue weighted by Gasteiger charge is 2.25. The number of amides is 1. The Hall–Kier alpha value is -1.43. The van der Waals surface area contributed by atoms with Crippen LogP contribution in [0.1, 0.15) is 32.8 Å². The summed E-state index contributed by atoms with van der Waals surface area (Å²) in [6.45, 7) is 9.84. The molecule has 0 saturated carbocycles. The van der Waals surface area contributed by atoms with Gasteiger partial charge in [0.25, 0.3) is 0 Å². The van der Waals surface area contributed by atoms with Crippen LogP contribution in [-0.2, 0) is 20.9 Å². The molecule has 0 aromatic heterocycles. The fraction of sp³-hybridized carbons (Fsp3) is 0.632. The van der Waals surface area contributed by atoms with Crippen LogP contribution in [0.25, 0.3) is 0 Å². The van der Waals surface area contributed by atoms with E-state index in [0.717, 1.165) is 18.7 Å². The number of nitrogens with one attached hydrogen (secondary N) is 1. The van der Waals surface area contributed by atoms with Gasteiger partial charge >= 0.3 is 0 Å². The molecule has 1 heterocycles. The maximum atomic E-state index is 11.9. The highest BCUT2D eigenvalue weighted by atomic mass is 16.5. The number of carbonyl (C=O) groups excluding carboxylic acids is 1. The van der Waals surface area contributed by atoms with Crippen molar-refractivity contribution in [2.24, 2.45) is 0 Å². The van der Waals surface area contributed by atoms with E-state index in [4.69, 9.17) is 9.47 Å². The molecule has 1 amide bonds. The minimum Gasteiger partial charge on any atom is -0.376 e. The molecule has 1 N–H and O–H groups in total. The molecule has 1 aliphatic rings. The van der Waals surface area contributed by atoms with Crippen molar-refractivity contribution in [3.63, 3.8) is 0 Å². The van der Waals surface area contributed by atoms with E-state index in [-0.39, 0.29) is 18.1 Å². The molecule has 0 spiro atoms. The molecule has 5 heteroatoms. The molecule has 134 valence electrons. The molecule has 3 atom stereocenters. The quantitative estimate of drug-likeness (QED) is 0.741. The first-order chi connectivity index (χ1) is 11.5. The first-order valence-corrected chi connectivity index (χ1v) is 8.82. The van der Waals surface area contributed by atoms with Crippen molar-refractivity contribution < 1.29 is 14.3 Å². The van der Waals surface area contributed by atoms with Crippen LogP contribution in [0.4, 0.5) is 0 Å². The summed E-state index contributed by atoms with van der Waals surface area (Å²) >= 11 is 0. The average molecular weight is 334 g/mol. The van der Waals surface area contributed by atoms with Crippen LogP contribution in [0.2, 0.25) is 0 Å². The minimum atomic E-state index is 0.0456. The van der Waals surface area contributed by atoms with Gasteiger partial charge in [-0.15, -0.1) is 0 Å². The van der Waals surface area contributed by atoms with Crippen LogP contribution in [-0.4, -0.2) is 55.3 Å². The molecular formula is C19H30N2O3. The molecule has 24 heavy (non-hydrogen) atoms. The van der Waals surface area contributed by atoms with E-state index in [2.05, 4.69) is 31.0 Å². The summed E-state index contributed by atoms with van der Waals surface area (Å²) in [4.78, 5) is 14.3. The molecule has 0 radical (unpaired) electrons. The van der Waals surface area contributed by atoms with E-state index in [0.29, 0.717) is 32.2 Å². The van der Waals surface area contributed by atoms with Gasteiger partial charge in [0, 0.05) is 32.1 Å². The van der Waals surface area contributed by atoms with Gasteiger partial charge in [-0.25, -0.2) is 0 Å². The Morgan fingerprint density at radius 3 is 2.62 bits per heavy atom. The highest BCUT2D eigenvalue weighted by molar-refractivity contribution is 5.75. The van der Waals surface area contributed by atoms with Gasteiger partial charge in [0.15, 0.2) is 0 Å². The molecule has 1 fully saturated rings. The van der Waals surface area contributed by atoms with Crippen molar-refractivity contribution in [3.05, 3.63) is 35.9 Å². The van der Waals surface area contributed by atoms with Gasteiger partial charge in [0.2, 0.25) is 5.91 Å². The first kappa shape index (κ1) is 18.9. The van der Waals surface area contributed by atoms with Crippen LogP contribution in [0.15, 0.2) is 30.3 Å². The number of benzene rings is 1. The Labute approximate surface area is 145 Å². The lowest BCUT2D eigenvalue weighted by molar-refractivity contribution is -0.122. The fourth-order valence-electron chi connectivity index (χ4n) is 2.99. The lowest BCUT2D eigenvalue weighted by atomic mass is 10.1. The van der Waals surface area contributed by atoms with E-state index in [9.17, 15) is 4.79 Å². The molecule has 0 unspecified atom stereocenters. The SMILES string of the molecule is C[C@@H]1CN([C@H](C)CNC(=O)CCOCc2ccccc2)C[C@H](C)O1. The largest absolute Gasteiger partial charge is 0.376 e. The third-order valence-electron chi connectivity index (χ3n) is 4.25. The maximum Gasteiger partial charge on any atom is 0.222 e. The molecule has 2 rings (SSSR count). The van der Waals surface area contributed by atoms with Crippen molar-refractivity contribution in [1.82, 2.24) is 10.2 Å². The van der Waals surface area contributed by atoms with E-state index in [1.54, 1.807) is 0 Å². The Balaban J connectivity index is 1.58. The van der Waals surface area contributed by atoms with Gasteiger partial charge in [-0.05, 0) is 26.3 Å². The van der Waals surface area contributed by atoms with Crippen LogP contribution in [0, 0.1) is 0 Å². The number of carbonyl (C=O) groups is 1. The predicted octanol–water partition coefficient (Wildman–Crippen LogP) is 2.21. The summed E-state index contributed by atoms with van der Waals surface area (Å²) < 4.78 is 11.3. The zero-order chi connectivity index (χ0) is 17.4. The highest BCUT2D eigenvalue weighted by Crippen LogP contribution is 2.13. The molecule has 1 saturated heterocycles. The average Bonchev–Trinajstić information content (AvgIpc) is 2.56. The molecule has 0 aliphatic carbocycles. The summed E-state index contributed by atoms with van der Waals surface area (Å²) in [5, 5.41) is 3.01. The van der Waals surface area contributed by atoms with Crippen molar-refractivity contribution in [1.29, 1.82) is 0 Å². The minimum absolute atomic E-state index is 0.0456. The molecule has 0 bridgehead atoms. The Morgan fingerprint density at radius 2 is 1.96 bits per heavy atom. The van der Waals surface area contributed by atoms with Gasteiger partial charge in [-0.3, -0.25) is 9.69 Å². The zero-order valence-electron chi connectivity index (χ0n) is 15.0. The van der Waals surface area contributed by atoms with E-state index < -0.39 is 0 Å². The van der Waals surface area contributed by atoms with Crippen LogP contribution in [0.5, 0.6) is 0 Å². The summed E-state index contributed by atoms with van der Waals surface area (Å²) in [6, 6.07) is 10.3. The Kier molecular flexibility index (Phi) is 7.69. The number of rotatable bonds is 8. The number of nitrogens with zero attached hydrogens (tertiary/aromatic N) is 1. The van der Waals surface area contributed by atoms with Gasteiger partial charge in [0.1, 0.15) is 0 Å². The maximum absolute atomic E-state index is 11.9. The third kappa shape index (κ3) is 6.59. The van der Waals surface area contributed by atoms with E-state index in [1.165, 1.54) is 0 Å². The smallest absolute Gasteiger partial charge is 0.222 e. The molecule has 1 aliphatic heterocycles. The normalized spacial score (nSPS) is 23.0. The molecule has 1 aromatic rings. The zero-order valence-corrected chi connectivity index (χ0v) is 15.0. The van der Waals surface area contributed by atoms with E-state index >= 15 is 0 Å². The van der Waals surface area contributed by atoms with Crippen LogP contribution in [0.3, 0.4) is 0 Å². The molecular weight excluding hydrogens is 304 g/mol. The number of morpholine rings is 1. The van der Waals surface area contributed by atoms with Crippen LogP contribution >= 0.6 is 0 Å². The Morgan fingerprint density at radius 1 is 1.29 bits per heavy atom. The monoisotopic (exact) mass is 334 g/mol. The summed E-state index contributed by atoms with van der Waals surface area (Å²) in [5.41, 5.74) is 1.13. The second-order valence-electron chi connectivity index (χ2n) is 6.65. The summed E-state index contributed by atoms with van der Waals surface area (Å²) in [5.74, 6) is 0.0456. The van der Waals surface area contributed by atoms with Crippen LogP contribution < -0.4 is 5.32 Å². The lowest BCUT2D eigenvalue weighted by Crippen LogP contribution is -2.52. The number of ether oxygens (including phenoxy) is 2. The third-order valence-corrected chi connectivity index (χ3v) is 4.25. The van der Waals surface area contributed by atoms with Gasteiger partial charge in [0.05, 0.1) is 25.4 Å². The molecule has 5 nitrogen and oxygen atoms in total. The summed E-state index contributed by atoms with van der Waals surface area (Å²) in [7, 11) is 0. The second kappa shape index (κ2) is 9.77. The predicted molar refractivity (Wildman–Crippen MR) is 94.8 cm³/mol. The fourth-order valence-corrected chi connectivity index (χ4v) is 2.99. The Bertz CT molecular complexity index is 485.